The van der Waals surface area contributed by atoms with E-state index in [0.29, 0.717) is 23.4 Å². The van der Waals surface area contributed by atoms with Crippen LogP contribution in [0, 0.1) is 0 Å². The Balaban J connectivity index is 1.93. The number of carbonyl (C=O) groups is 2. The number of rotatable bonds is 9. The first kappa shape index (κ1) is 22.5. The number of ether oxygens (including phenoxy) is 1. The normalized spacial score (nSPS) is 11.0. The summed E-state index contributed by atoms with van der Waals surface area (Å²) in [5, 5.41) is 5.76. The summed E-state index contributed by atoms with van der Waals surface area (Å²) in [4.78, 5) is 24.8. The van der Waals surface area contributed by atoms with Crippen LogP contribution in [0.2, 0.25) is 0 Å². The van der Waals surface area contributed by atoms with E-state index in [1.165, 1.54) is 19.3 Å². The second-order valence-electron chi connectivity index (χ2n) is 8.17. The Kier molecular flexibility index (Phi) is 8.25. The van der Waals surface area contributed by atoms with Gasteiger partial charge in [0.25, 0.3) is 11.8 Å². The molecule has 2 rings (SSSR count). The van der Waals surface area contributed by atoms with Crippen LogP contribution in [0.4, 0.5) is 5.69 Å². The van der Waals surface area contributed by atoms with Crippen molar-refractivity contribution in [1.82, 2.24) is 5.32 Å². The van der Waals surface area contributed by atoms with E-state index in [1.54, 1.807) is 36.4 Å². The lowest BCUT2D eigenvalue weighted by molar-refractivity contribution is 0.0918. The van der Waals surface area contributed by atoms with Crippen LogP contribution in [-0.4, -0.2) is 24.0 Å². The Bertz CT molecular complexity index is 808. The highest BCUT2D eigenvalue weighted by molar-refractivity contribution is 6.05. The van der Waals surface area contributed by atoms with E-state index < -0.39 is 0 Å². The predicted molar refractivity (Wildman–Crippen MR) is 118 cm³/mol. The molecule has 0 heterocycles. The molecule has 0 radical (unpaired) electrons. The highest BCUT2D eigenvalue weighted by Crippen LogP contribution is 2.16. The maximum absolute atomic E-state index is 12.5. The van der Waals surface area contributed by atoms with Gasteiger partial charge < -0.3 is 15.4 Å². The van der Waals surface area contributed by atoms with E-state index >= 15 is 0 Å². The molecule has 156 valence electrons. The lowest BCUT2D eigenvalue weighted by Crippen LogP contribution is -2.40. The fourth-order valence-corrected chi connectivity index (χ4v) is 2.78. The fraction of sp³-hybridized carbons (Fsp3) is 0.417. The van der Waals surface area contributed by atoms with Crippen LogP contribution in [0.25, 0.3) is 0 Å². The summed E-state index contributed by atoms with van der Waals surface area (Å²) < 4.78 is 5.71. The Morgan fingerprint density at radius 1 is 0.897 bits per heavy atom. The molecule has 0 saturated carbocycles. The van der Waals surface area contributed by atoms with E-state index in [2.05, 4.69) is 17.6 Å². The number of hydrogen-bond donors (Lipinski definition) is 2. The van der Waals surface area contributed by atoms with Gasteiger partial charge in [-0.25, -0.2) is 0 Å². The van der Waals surface area contributed by atoms with Crippen molar-refractivity contribution in [2.45, 2.75) is 58.9 Å². The first-order chi connectivity index (χ1) is 13.8. The van der Waals surface area contributed by atoms with Crippen LogP contribution in [0.15, 0.2) is 48.5 Å². The smallest absolute Gasteiger partial charge is 0.255 e. The molecule has 2 N–H and O–H groups in total. The average Bonchev–Trinajstić information content (AvgIpc) is 2.67. The van der Waals surface area contributed by atoms with Gasteiger partial charge in [-0.1, -0.05) is 32.3 Å². The number of unbranched alkanes of at least 4 members (excludes halogenated alkanes) is 3. The Labute approximate surface area is 173 Å². The second-order valence-corrected chi connectivity index (χ2v) is 8.17. The molecule has 5 nitrogen and oxygen atoms in total. The lowest BCUT2D eigenvalue weighted by atomic mass is 10.1. The lowest BCUT2D eigenvalue weighted by Gasteiger charge is -2.20. The molecule has 0 aliphatic carbocycles. The highest BCUT2D eigenvalue weighted by atomic mass is 16.5. The summed E-state index contributed by atoms with van der Waals surface area (Å²) in [5.74, 6) is 0.362. The molecule has 5 heteroatoms. The molecule has 2 aromatic carbocycles. The van der Waals surface area contributed by atoms with Crippen molar-refractivity contribution >= 4 is 17.5 Å². The molecule has 0 aliphatic heterocycles. The summed E-state index contributed by atoms with van der Waals surface area (Å²) in [7, 11) is 0. The van der Waals surface area contributed by atoms with Crippen LogP contribution >= 0.6 is 0 Å². The van der Waals surface area contributed by atoms with Crippen LogP contribution in [0.3, 0.4) is 0 Å². The minimum Gasteiger partial charge on any atom is -0.494 e. The monoisotopic (exact) mass is 396 g/mol. The topological polar surface area (TPSA) is 67.4 Å². The molecule has 0 atom stereocenters. The molecule has 0 fully saturated rings. The Hall–Kier alpha value is -2.82. The van der Waals surface area contributed by atoms with Crippen molar-refractivity contribution in [3.8, 4) is 5.75 Å². The van der Waals surface area contributed by atoms with Gasteiger partial charge in [0.15, 0.2) is 0 Å². The molecule has 29 heavy (non-hydrogen) atoms. The van der Waals surface area contributed by atoms with E-state index in [1.807, 2.05) is 32.9 Å². The first-order valence-electron chi connectivity index (χ1n) is 10.3. The molecule has 0 aromatic heterocycles. The number of benzene rings is 2. The van der Waals surface area contributed by atoms with E-state index in [9.17, 15) is 9.59 Å². The Morgan fingerprint density at radius 2 is 1.62 bits per heavy atom. The van der Waals surface area contributed by atoms with Crippen LogP contribution in [0.5, 0.6) is 5.75 Å². The molecule has 0 spiro atoms. The predicted octanol–water partition coefficient (Wildman–Crippen LogP) is 5.43. The minimum absolute atomic E-state index is 0.172. The summed E-state index contributed by atoms with van der Waals surface area (Å²) >= 11 is 0. The minimum atomic E-state index is -0.323. The zero-order valence-electron chi connectivity index (χ0n) is 17.9. The van der Waals surface area contributed by atoms with Crippen LogP contribution in [-0.2, 0) is 0 Å². The maximum atomic E-state index is 12.5. The molecular weight excluding hydrogens is 364 g/mol. The van der Waals surface area contributed by atoms with E-state index in [4.69, 9.17) is 4.74 Å². The first-order valence-corrected chi connectivity index (χ1v) is 10.3. The molecular formula is C24H32N2O3. The zero-order valence-corrected chi connectivity index (χ0v) is 17.9. The maximum Gasteiger partial charge on any atom is 0.255 e. The number of amides is 2. The van der Waals surface area contributed by atoms with Gasteiger partial charge >= 0.3 is 0 Å². The molecule has 0 aliphatic rings. The number of carbonyl (C=O) groups excluding carboxylic acids is 2. The van der Waals surface area contributed by atoms with Crippen molar-refractivity contribution < 1.29 is 14.3 Å². The molecule has 2 aromatic rings. The summed E-state index contributed by atoms with van der Waals surface area (Å²) in [6.07, 6.45) is 4.63. The Morgan fingerprint density at radius 3 is 2.28 bits per heavy atom. The van der Waals surface area contributed by atoms with Crippen LogP contribution < -0.4 is 15.4 Å². The third-order valence-electron chi connectivity index (χ3n) is 4.25. The molecule has 0 saturated heterocycles. The van der Waals surface area contributed by atoms with Crippen molar-refractivity contribution in [2.24, 2.45) is 0 Å². The average molecular weight is 397 g/mol. The van der Waals surface area contributed by atoms with Gasteiger partial charge in [-0.3, -0.25) is 9.59 Å². The third kappa shape index (κ3) is 7.98. The largest absolute Gasteiger partial charge is 0.494 e. The molecule has 2 amide bonds. The molecule has 0 bridgehead atoms. The fourth-order valence-electron chi connectivity index (χ4n) is 2.78. The van der Waals surface area contributed by atoms with Crippen molar-refractivity contribution in [3.05, 3.63) is 59.7 Å². The van der Waals surface area contributed by atoms with E-state index in [-0.39, 0.29) is 17.4 Å². The standard InChI is InChI=1S/C24H32N2O3/c1-5-6-7-8-16-29-21-14-12-18(13-15-21)22(27)25-20-11-9-10-19(17-20)23(28)26-24(2,3)4/h9-15,17H,5-8,16H2,1-4H3,(H,25,27)(H,26,28). The van der Waals surface area contributed by atoms with Crippen molar-refractivity contribution in [2.75, 3.05) is 11.9 Å². The number of anilines is 1. The van der Waals surface area contributed by atoms with Gasteiger partial charge in [-0.05, 0) is 69.7 Å². The summed E-state index contributed by atoms with van der Waals surface area (Å²) in [6.45, 7) is 8.65. The number of nitrogens with one attached hydrogen (secondary N) is 2. The van der Waals surface area contributed by atoms with Crippen molar-refractivity contribution in [3.63, 3.8) is 0 Å². The van der Waals surface area contributed by atoms with Gasteiger partial charge in [0.2, 0.25) is 0 Å². The van der Waals surface area contributed by atoms with Gasteiger partial charge in [-0.2, -0.15) is 0 Å². The second kappa shape index (κ2) is 10.6. The number of hydrogen-bond acceptors (Lipinski definition) is 3. The van der Waals surface area contributed by atoms with Gasteiger partial charge in [-0.15, -0.1) is 0 Å². The zero-order chi connectivity index (χ0) is 21.3. The van der Waals surface area contributed by atoms with Gasteiger partial charge in [0, 0.05) is 22.4 Å². The quantitative estimate of drug-likeness (QED) is 0.556. The summed E-state index contributed by atoms with van der Waals surface area (Å²) in [6, 6.07) is 14.0. The SMILES string of the molecule is CCCCCCOc1ccc(C(=O)Nc2cccc(C(=O)NC(C)(C)C)c2)cc1. The van der Waals surface area contributed by atoms with E-state index in [0.717, 1.165) is 12.2 Å². The van der Waals surface area contributed by atoms with Gasteiger partial charge in [0.1, 0.15) is 5.75 Å². The highest BCUT2D eigenvalue weighted by Gasteiger charge is 2.16. The third-order valence-corrected chi connectivity index (χ3v) is 4.25. The van der Waals surface area contributed by atoms with Crippen molar-refractivity contribution in [1.29, 1.82) is 0 Å². The summed E-state index contributed by atoms with van der Waals surface area (Å²) in [5.41, 5.74) is 1.29. The van der Waals surface area contributed by atoms with Crippen LogP contribution in [0.1, 0.15) is 74.1 Å². The van der Waals surface area contributed by atoms with Gasteiger partial charge in [0.05, 0.1) is 6.61 Å². The molecule has 0 unspecified atom stereocenters.